The lowest BCUT2D eigenvalue weighted by Gasteiger charge is -2.06. The molecule has 0 radical (unpaired) electrons. The van der Waals surface area contributed by atoms with Crippen molar-refractivity contribution in [2.75, 3.05) is 5.73 Å². The van der Waals surface area contributed by atoms with Gasteiger partial charge in [-0.3, -0.25) is 0 Å². The van der Waals surface area contributed by atoms with Crippen molar-refractivity contribution in [1.29, 1.82) is 0 Å². The molecule has 0 bridgehead atoms. The third-order valence-corrected chi connectivity index (χ3v) is 3.77. The van der Waals surface area contributed by atoms with Crippen molar-refractivity contribution in [2.24, 2.45) is 0 Å². The summed E-state index contributed by atoms with van der Waals surface area (Å²) in [5, 5.41) is 5.86. The van der Waals surface area contributed by atoms with Gasteiger partial charge in [0.15, 0.2) is 0 Å². The number of aryl methyl sites for hydroxylation is 1. The minimum atomic E-state index is 0.581. The molecule has 2 aromatic carbocycles. The molecule has 0 saturated carbocycles. The first-order chi connectivity index (χ1) is 10.1. The Morgan fingerprint density at radius 3 is 2.38 bits per heavy atom. The molecule has 3 aromatic rings. The van der Waals surface area contributed by atoms with E-state index >= 15 is 0 Å². The van der Waals surface area contributed by atoms with Crippen molar-refractivity contribution in [3.8, 4) is 16.8 Å². The molecule has 0 aliphatic rings. The summed E-state index contributed by atoms with van der Waals surface area (Å²) >= 11 is 12.0. The lowest BCUT2D eigenvalue weighted by molar-refractivity contribution is 0.872. The van der Waals surface area contributed by atoms with Crippen molar-refractivity contribution in [3.05, 3.63) is 64.3 Å². The molecule has 3 rings (SSSR count). The van der Waals surface area contributed by atoms with Crippen LogP contribution in [0.4, 0.5) is 5.82 Å². The van der Waals surface area contributed by atoms with Gasteiger partial charge < -0.3 is 5.73 Å². The average Bonchev–Trinajstić information content (AvgIpc) is 2.75. The summed E-state index contributed by atoms with van der Waals surface area (Å²) < 4.78 is 1.70. The monoisotopic (exact) mass is 317 g/mol. The van der Waals surface area contributed by atoms with Crippen LogP contribution in [0.3, 0.4) is 0 Å². The molecule has 5 heteroatoms. The maximum absolute atomic E-state index is 6.28. The predicted molar refractivity (Wildman–Crippen MR) is 88.2 cm³/mol. The minimum absolute atomic E-state index is 0.581. The van der Waals surface area contributed by atoms with Gasteiger partial charge in [0.05, 0.1) is 11.4 Å². The molecule has 2 N–H and O–H groups in total. The van der Waals surface area contributed by atoms with Crippen molar-refractivity contribution >= 4 is 29.0 Å². The van der Waals surface area contributed by atoms with Crippen LogP contribution in [0.5, 0.6) is 0 Å². The fraction of sp³-hybridized carbons (Fsp3) is 0.0625. The average molecular weight is 318 g/mol. The zero-order valence-corrected chi connectivity index (χ0v) is 12.9. The highest BCUT2D eigenvalue weighted by Crippen LogP contribution is 2.32. The van der Waals surface area contributed by atoms with Crippen molar-refractivity contribution in [1.82, 2.24) is 9.78 Å². The van der Waals surface area contributed by atoms with Crippen LogP contribution >= 0.6 is 23.2 Å². The van der Waals surface area contributed by atoms with Gasteiger partial charge in [0, 0.05) is 15.6 Å². The van der Waals surface area contributed by atoms with Crippen molar-refractivity contribution in [3.63, 3.8) is 0 Å². The van der Waals surface area contributed by atoms with E-state index in [0.717, 1.165) is 22.5 Å². The van der Waals surface area contributed by atoms with Crippen LogP contribution in [-0.4, -0.2) is 9.78 Å². The summed E-state index contributed by atoms with van der Waals surface area (Å²) in [6, 6.07) is 15.0. The quantitative estimate of drug-likeness (QED) is 0.742. The Labute approximate surface area is 132 Å². The number of halogens is 2. The first-order valence-electron chi connectivity index (χ1n) is 6.43. The molecule has 0 fully saturated rings. The molecule has 1 heterocycles. The number of nitrogens with two attached hydrogens (primary N) is 1. The summed E-state index contributed by atoms with van der Waals surface area (Å²) in [6.07, 6.45) is 0. The highest BCUT2D eigenvalue weighted by atomic mass is 35.5. The van der Waals surface area contributed by atoms with Crippen LogP contribution in [0.15, 0.2) is 48.5 Å². The topological polar surface area (TPSA) is 43.8 Å². The van der Waals surface area contributed by atoms with Crippen molar-refractivity contribution in [2.45, 2.75) is 6.92 Å². The number of hydrogen-bond donors (Lipinski definition) is 1. The van der Waals surface area contributed by atoms with E-state index in [4.69, 9.17) is 28.9 Å². The molecule has 0 aliphatic heterocycles. The van der Waals surface area contributed by atoms with Gasteiger partial charge in [0.25, 0.3) is 0 Å². The molecule has 0 aliphatic carbocycles. The molecule has 1 aromatic heterocycles. The van der Waals surface area contributed by atoms with E-state index in [0.29, 0.717) is 15.9 Å². The van der Waals surface area contributed by atoms with Crippen LogP contribution in [0, 0.1) is 6.92 Å². The molecule has 0 saturated heterocycles. The second kappa shape index (κ2) is 5.43. The molecule has 0 spiro atoms. The normalized spacial score (nSPS) is 10.8. The van der Waals surface area contributed by atoms with Crippen LogP contribution in [0.1, 0.15) is 5.69 Å². The molecule has 0 amide bonds. The van der Waals surface area contributed by atoms with Gasteiger partial charge in [-0.1, -0.05) is 41.4 Å². The number of hydrogen-bond acceptors (Lipinski definition) is 2. The van der Waals surface area contributed by atoms with Gasteiger partial charge in [0.2, 0.25) is 0 Å². The standard InChI is InChI=1S/C16H13Cl2N3/c1-10-15(11-5-7-12(17)8-6-11)16(19)21(20-10)14-4-2-3-13(18)9-14/h2-9H,19H2,1H3. The molecule has 0 unspecified atom stereocenters. The van der Waals surface area contributed by atoms with Gasteiger partial charge in [0.1, 0.15) is 5.82 Å². The Hall–Kier alpha value is -1.97. The van der Waals surface area contributed by atoms with Crippen LogP contribution in [0.2, 0.25) is 10.0 Å². The fourth-order valence-electron chi connectivity index (χ4n) is 2.32. The molecular formula is C16H13Cl2N3. The third-order valence-electron chi connectivity index (χ3n) is 3.28. The van der Waals surface area contributed by atoms with Crippen LogP contribution in [0.25, 0.3) is 16.8 Å². The molecular weight excluding hydrogens is 305 g/mol. The SMILES string of the molecule is Cc1nn(-c2cccc(Cl)c2)c(N)c1-c1ccc(Cl)cc1. The second-order valence-electron chi connectivity index (χ2n) is 4.74. The summed E-state index contributed by atoms with van der Waals surface area (Å²) in [4.78, 5) is 0. The van der Waals surface area contributed by atoms with Gasteiger partial charge in [-0.05, 0) is 42.8 Å². The number of nitrogens with zero attached hydrogens (tertiary/aromatic N) is 2. The van der Waals surface area contributed by atoms with E-state index < -0.39 is 0 Å². The summed E-state index contributed by atoms with van der Waals surface area (Å²) in [5.41, 5.74) is 9.87. The van der Waals surface area contributed by atoms with Crippen LogP contribution < -0.4 is 5.73 Å². The van der Waals surface area contributed by atoms with Gasteiger partial charge in [-0.2, -0.15) is 5.10 Å². The maximum Gasteiger partial charge on any atom is 0.135 e. The Balaban J connectivity index is 2.14. The maximum atomic E-state index is 6.28. The second-order valence-corrected chi connectivity index (χ2v) is 5.62. The summed E-state index contributed by atoms with van der Waals surface area (Å²) in [5.74, 6) is 0.581. The first kappa shape index (κ1) is 14.0. The highest BCUT2D eigenvalue weighted by molar-refractivity contribution is 6.31. The van der Waals surface area contributed by atoms with Crippen molar-refractivity contribution < 1.29 is 0 Å². The van der Waals surface area contributed by atoms with E-state index in [9.17, 15) is 0 Å². The molecule has 21 heavy (non-hydrogen) atoms. The van der Waals surface area contributed by atoms with E-state index in [1.165, 1.54) is 0 Å². The van der Waals surface area contributed by atoms with Crippen LogP contribution in [-0.2, 0) is 0 Å². The fourth-order valence-corrected chi connectivity index (χ4v) is 2.63. The highest BCUT2D eigenvalue weighted by Gasteiger charge is 2.15. The van der Waals surface area contributed by atoms with Gasteiger partial charge in [-0.25, -0.2) is 4.68 Å². The Morgan fingerprint density at radius 1 is 1.00 bits per heavy atom. The third kappa shape index (κ3) is 2.62. The predicted octanol–water partition coefficient (Wildman–Crippen LogP) is 4.74. The number of nitrogen functional groups attached to an aromatic ring is 1. The Morgan fingerprint density at radius 2 is 1.71 bits per heavy atom. The number of aromatic nitrogens is 2. The van der Waals surface area contributed by atoms with E-state index in [1.54, 1.807) is 4.68 Å². The van der Waals surface area contributed by atoms with E-state index in [2.05, 4.69) is 5.10 Å². The van der Waals surface area contributed by atoms with Gasteiger partial charge >= 0.3 is 0 Å². The van der Waals surface area contributed by atoms with Gasteiger partial charge in [-0.15, -0.1) is 0 Å². The first-order valence-corrected chi connectivity index (χ1v) is 7.19. The summed E-state index contributed by atoms with van der Waals surface area (Å²) in [6.45, 7) is 1.93. The lowest BCUT2D eigenvalue weighted by Crippen LogP contribution is -2.02. The minimum Gasteiger partial charge on any atom is -0.383 e. The molecule has 3 nitrogen and oxygen atoms in total. The number of anilines is 1. The smallest absolute Gasteiger partial charge is 0.135 e. The summed E-state index contributed by atoms with van der Waals surface area (Å²) in [7, 11) is 0. The van der Waals surface area contributed by atoms with E-state index in [-0.39, 0.29) is 0 Å². The Bertz CT molecular complexity index is 792. The molecule has 106 valence electrons. The molecule has 0 atom stereocenters. The number of benzene rings is 2. The number of rotatable bonds is 2. The lowest BCUT2D eigenvalue weighted by atomic mass is 10.1. The van der Waals surface area contributed by atoms with E-state index in [1.807, 2.05) is 55.5 Å². The Kier molecular flexibility index (Phi) is 3.62. The zero-order valence-electron chi connectivity index (χ0n) is 11.3. The zero-order chi connectivity index (χ0) is 15.0. The largest absolute Gasteiger partial charge is 0.383 e.